The van der Waals surface area contributed by atoms with Gasteiger partial charge in [0.25, 0.3) is 0 Å². The van der Waals surface area contributed by atoms with Gasteiger partial charge in [-0.2, -0.15) is 0 Å². The molecular weight excluding hydrogens is 2200 g/mol. The van der Waals surface area contributed by atoms with E-state index < -0.39 is 0 Å². The minimum atomic E-state index is -0.341. The number of hydrogen-bond acceptors (Lipinski definition) is 1. The molecule has 0 heterocycles. The molecule has 0 saturated carbocycles. The van der Waals surface area contributed by atoms with Crippen molar-refractivity contribution in [1.82, 2.24) is 0 Å². The Bertz CT molecular complexity index is 1300. The number of rotatable bonds is 33. The average Bonchev–Trinajstić information content (AvgIpc) is 3.14. The van der Waals surface area contributed by atoms with E-state index in [1.165, 1.54) is 0 Å². The van der Waals surface area contributed by atoms with Gasteiger partial charge in [-0.3, -0.25) is 0 Å². The second-order valence-corrected chi connectivity index (χ2v) is 298. The van der Waals surface area contributed by atoms with Crippen molar-refractivity contribution in [2.24, 2.45) is 0 Å². The summed E-state index contributed by atoms with van der Waals surface area (Å²) < 4.78 is 0. The maximum Gasteiger partial charge on any atom is 0.000552 e. The Hall–Kier alpha value is 30.2. The lowest BCUT2D eigenvalue weighted by Gasteiger charge is -2.57. The van der Waals surface area contributed by atoms with E-state index in [9.17, 15) is 0 Å². The van der Waals surface area contributed by atoms with Gasteiger partial charge in [0, 0.05) is 6.99 Å². The van der Waals surface area contributed by atoms with Crippen molar-refractivity contribution >= 4 is 567 Å². The molecule has 0 fully saturated rings. The van der Waals surface area contributed by atoms with E-state index in [1.807, 2.05) is 14.1 Å². The lowest BCUT2D eigenvalue weighted by molar-refractivity contribution is 4.42. The van der Waals surface area contributed by atoms with Crippen LogP contribution in [-0.4, -0.2) is 0 Å². The molecular formula is H71P70S-. The Morgan fingerprint density at radius 1 is 0.211 bits per heavy atom. The fourth-order valence-electron chi connectivity index (χ4n) is 3.97. The van der Waals surface area contributed by atoms with Crippen LogP contribution in [0.4, 0.5) is 0 Å². The summed E-state index contributed by atoms with van der Waals surface area (Å²) in [6.07, 6.45) is 0. The second kappa shape index (κ2) is 56.4. The van der Waals surface area contributed by atoms with E-state index >= 15 is 0 Å². The molecule has 0 aliphatic carbocycles. The number of hydrogen-bond donors (Lipinski definition) is 0. The van der Waals surface area contributed by atoms with Gasteiger partial charge in [0.05, 0.1) is 0 Å². The highest BCUT2D eigenvalue weighted by atomic mass is 33.6. The van der Waals surface area contributed by atoms with Crippen molar-refractivity contribution in [1.29, 1.82) is 0 Å². The largest absolute Gasteiger partial charge is 0.378 e. The molecule has 0 spiro atoms. The molecule has 0 N–H and O–H groups in total. The average molecular weight is 2270 g/mol. The summed E-state index contributed by atoms with van der Waals surface area (Å²) in [4.78, 5) is 0. The van der Waals surface area contributed by atoms with E-state index in [4.69, 9.17) is 0 Å². The first kappa shape index (κ1) is 101. The Kier molecular flexibility index (Phi) is 80.4. The van der Waals surface area contributed by atoms with Gasteiger partial charge in [0.2, 0.25) is 0 Å². The first-order valence-electron chi connectivity index (χ1n) is 16.0. The predicted molar refractivity (Wildman–Crippen MR) is 591 cm³/mol. The zero-order chi connectivity index (χ0) is 56.2. The fraction of sp³-hybridized carbons (Fsp3) is 0. The minimum Gasteiger partial charge on any atom is -0.378 e. The standard InChI is InChI=1S/H71P70S/c1-36-56(39(2)3)67(62(46(16)17)47(18)19)58(61(44(12)13)45(14)15)38-71(37-57(59(40(4)5)41(6)7)60(42(8)9)43(10)11)70(68(63(48(20)21)49(22)23)64(50(24)25)51(26)27)69(65(52(28)29)53(30)31)66(54(32)33)55(34)35/h36H,1-35H2/q-1. The van der Waals surface area contributed by atoms with Crippen molar-refractivity contribution in [3.8, 4) is 0 Å². The highest BCUT2D eigenvalue weighted by Crippen LogP contribution is 3.39. The van der Waals surface area contributed by atoms with Gasteiger partial charge in [0.1, 0.15) is 0 Å². The third-order valence-electron chi connectivity index (χ3n) is 5.99. The third kappa shape index (κ3) is 37.6. The molecule has 39 unspecified atom stereocenters. The van der Waals surface area contributed by atoms with E-state index in [0.717, 1.165) is 7.96 Å². The Labute approximate surface area is 557 Å². The van der Waals surface area contributed by atoms with Crippen molar-refractivity contribution in [3.63, 3.8) is 0 Å². The Balaban J connectivity index is 11.4. The van der Waals surface area contributed by atoms with Crippen molar-refractivity contribution in [2.45, 2.75) is 0 Å². The summed E-state index contributed by atoms with van der Waals surface area (Å²) in [7, 11) is 129. The molecule has 71 heteroatoms. The van der Waals surface area contributed by atoms with Gasteiger partial charge in [-0.15, -0.1) is 319 Å². The normalized spacial score (nSPS) is 16.3. The zero-order valence-corrected chi connectivity index (χ0v) is 109. The summed E-state index contributed by atoms with van der Waals surface area (Å²) in [6, 6.07) is 0. The molecule has 0 aromatic heterocycles. The van der Waals surface area contributed by atoms with Crippen LogP contribution < -0.4 is 0 Å². The second-order valence-electron chi connectivity index (χ2n) is 11.0. The summed E-state index contributed by atoms with van der Waals surface area (Å²) in [6.45, 7) is -7.59. The topological polar surface area (TPSA) is 0 Å². The maximum atomic E-state index is 3.58. The van der Waals surface area contributed by atoms with E-state index in [-0.39, 0.29) is 232 Å². The van der Waals surface area contributed by atoms with Crippen molar-refractivity contribution in [2.75, 3.05) is 0 Å². The summed E-state index contributed by atoms with van der Waals surface area (Å²) in [5, 5.41) is 0. The van der Waals surface area contributed by atoms with Crippen LogP contribution in [0, 0.1) is 0 Å². The van der Waals surface area contributed by atoms with E-state index in [1.54, 1.807) is 0 Å². The molecule has 0 rings (SSSR count). The highest BCUT2D eigenvalue weighted by Gasteiger charge is 2.50. The monoisotopic (exact) mass is 2270 g/mol. The van der Waals surface area contributed by atoms with Crippen LogP contribution in [-0.2, 0) is 8.87 Å². The lowest BCUT2D eigenvalue weighted by Crippen LogP contribution is -1.71. The smallest absolute Gasteiger partial charge is 0.000552 e. The molecule has 0 aromatic carbocycles. The van der Waals surface area contributed by atoms with Crippen LogP contribution in [0.1, 0.15) is 0 Å². The predicted octanol–water partition coefficient (Wildman–Crippen LogP) is 41.3. The van der Waals surface area contributed by atoms with E-state index in [2.05, 4.69) is 312 Å². The molecule has 0 bridgehead atoms. The van der Waals surface area contributed by atoms with Crippen LogP contribution in [0.15, 0.2) is 0 Å². The van der Waals surface area contributed by atoms with E-state index in [0.29, 0.717) is 0 Å². The quantitative estimate of drug-likeness (QED) is 0.0454. The maximum absolute atomic E-state index is 3.58. The molecule has 0 radical (unpaired) electrons. The fourth-order valence-corrected chi connectivity index (χ4v) is 965. The van der Waals surface area contributed by atoms with Gasteiger partial charge in [-0.1, -0.05) is 7.96 Å². The van der Waals surface area contributed by atoms with Gasteiger partial charge in [0.15, 0.2) is 0 Å². The van der Waals surface area contributed by atoms with Crippen LogP contribution in [0.2, 0.25) is 0 Å². The summed E-state index contributed by atoms with van der Waals surface area (Å²) in [5.74, 6) is 0. The molecule has 0 saturated heterocycles. The Morgan fingerprint density at radius 3 is 0.535 bits per heavy atom. The summed E-state index contributed by atoms with van der Waals surface area (Å²) >= 11 is 0. The van der Waals surface area contributed by atoms with Crippen LogP contribution in [0.3, 0.4) is 0 Å². The molecule has 0 nitrogen and oxygen atoms in total. The van der Waals surface area contributed by atoms with Gasteiger partial charge >= 0.3 is 0 Å². The molecule has 0 aromatic rings. The molecule has 0 amide bonds. The van der Waals surface area contributed by atoms with Gasteiger partial charge < -0.3 is 8.87 Å². The van der Waals surface area contributed by atoms with Crippen molar-refractivity contribution in [3.05, 3.63) is 0 Å². The molecule has 39 atom stereocenters. The Morgan fingerprint density at radius 2 is 0.380 bits per heavy atom. The van der Waals surface area contributed by atoms with Crippen LogP contribution in [0.25, 0.3) is 0 Å². The third-order valence-corrected chi connectivity index (χ3v) is 485. The molecule has 0 aliphatic rings. The van der Waals surface area contributed by atoms with Gasteiger partial charge in [-0.25, -0.2) is 14.1 Å². The van der Waals surface area contributed by atoms with Crippen LogP contribution >= 0.6 is 558 Å². The molecule has 71 heavy (non-hydrogen) atoms. The lowest BCUT2D eigenvalue weighted by atomic mass is 28.5. The first-order valence-corrected chi connectivity index (χ1v) is 144. The minimum absolute atomic E-state index is 0.122. The van der Waals surface area contributed by atoms with Crippen molar-refractivity contribution < 1.29 is 0 Å². The first-order chi connectivity index (χ1) is 32.4. The SMILES string of the molecule is PPP(P(P)P)P(P(P=[S-](=PP(P(P(P)P)P(P)P)P(P(P)P)P(P)P)P(P(P(P(P)P)P(P)P)P(P(P)P)P(P)P)P(P(P(P)P)P(P)P)P(P(P)P)P(P)P)P(P(P)P)P(P)P)P(P(P)P)P(P)P. The molecule has 428 valence electrons. The molecule has 0 aliphatic heterocycles. The summed E-state index contributed by atoms with van der Waals surface area (Å²) in [5.41, 5.74) is 0. The highest BCUT2D eigenvalue weighted by molar-refractivity contribution is 9.49. The zero-order valence-electron chi connectivity index (χ0n) is 36.3. The van der Waals surface area contributed by atoms with Crippen LogP contribution in [0.5, 0.6) is 0 Å². The van der Waals surface area contributed by atoms with Gasteiger partial charge in [-0.05, 0) is 210 Å².